The fraction of sp³-hybridized carbons (Fsp3) is 0.538. The molecule has 1 aromatic rings. The molecule has 0 aliphatic carbocycles. The highest BCUT2D eigenvalue weighted by molar-refractivity contribution is 7.89. The van der Waals surface area contributed by atoms with Gasteiger partial charge >= 0.3 is 0 Å². The molecule has 0 spiro atoms. The van der Waals surface area contributed by atoms with Gasteiger partial charge in [0.15, 0.2) is 0 Å². The molecule has 0 radical (unpaired) electrons. The molecule has 19 heavy (non-hydrogen) atoms. The van der Waals surface area contributed by atoms with Crippen molar-refractivity contribution in [1.82, 2.24) is 10.0 Å². The Kier molecular flexibility index (Phi) is 4.54. The number of sulfonamides is 1. The Hall–Kier alpha value is -0.980. The maximum absolute atomic E-state index is 12.8. The summed E-state index contributed by atoms with van der Waals surface area (Å²) in [5, 5.41) is 3.25. The lowest BCUT2D eigenvalue weighted by molar-refractivity contribution is 0.316. The van der Waals surface area contributed by atoms with Gasteiger partial charge in [0.1, 0.15) is 5.82 Å². The van der Waals surface area contributed by atoms with Gasteiger partial charge in [-0.25, -0.2) is 17.5 Å². The molecular formula is C13H19FN2O2S. The molecule has 0 aromatic heterocycles. The van der Waals surface area contributed by atoms with E-state index < -0.39 is 15.8 Å². The van der Waals surface area contributed by atoms with Crippen LogP contribution in [0, 0.1) is 11.7 Å². The molecular weight excluding hydrogens is 267 g/mol. The molecule has 1 atom stereocenters. The monoisotopic (exact) mass is 286 g/mol. The van der Waals surface area contributed by atoms with Gasteiger partial charge in [0.05, 0.1) is 4.90 Å². The smallest absolute Gasteiger partial charge is 0.240 e. The maximum atomic E-state index is 12.8. The van der Waals surface area contributed by atoms with Crippen LogP contribution in [0.5, 0.6) is 0 Å². The highest BCUT2D eigenvalue weighted by atomic mass is 32.2. The molecule has 1 heterocycles. The van der Waals surface area contributed by atoms with Gasteiger partial charge in [-0.15, -0.1) is 0 Å². The SMILES string of the molecule is CC(NS(=O)(=O)c1ccc(F)cc1)C1CCNCC1. The maximum Gasteiger partial charge on any atom is 0.240 e. The van der Waals surface area contributed by atoms with E-state index in [1.54, 1.807) is 0 Å². The quantitative estimate of drug-likeness (QED) is 0.881. The van der Waals surface area contributed by atoms with E-state index in [9.17, 15) is 12.8 Å². The Bertz CT molecular complexity index is 510. The summed E-state index contributed by atoms with van der Waals surface area (Å²) in [4.78, 5) is 0.106. The Morgan fingerprint density at radius 3 is 2.42 bits per heavy atom. The van der Waals surface area contributed by atoms with E-state index in [1.807, 2.05) is 6.92 Å². The molecule has 2 N–H and O–H groups in total. The second kappa shape index (κ2) is 5.98. The fourth-order valence-electron chi connectivity index (χ4n) is 2.37. The molecule has 2 rings (SSSR count). The third kappa shape index (κ3) is 3.75. The second-order valence-electron chi connectivity index (χ2n) is 4.95. The summed E-state index contributed by atoms with van der Waals surface area (Å²) in [5.74, 6) is -0.0955. The van der Waals surface area contributed by atoms with Gasteiger partial charge in [0.2, 0.25) is 10.0 Å². The normalized spacial score (nSPS) is 19.3. The molecule has 0 amide bonds. The standard InChI is InChI=1S/C13H19FN2O2S/c1-10(11-6-8-15-9-7-11)16-19(17,18)13-4-2-12(14)3-5-13/h2-5,10-11,15-16H,6-9H2,1H3. The number of hydrogen-bond acceptors (Lipinski definition) is 3. The van der Waals surface area contributed by atoms with Crippen molar-refractivity contribution in [2.45, 2.75) is 30.7 Å². The second-order valence-corrected chi connectivity index (χ2v) is 6.67. The van der Waals surface area contributed by atoms with E-state index in [1.165, 1.54) is 12.1 Å². The first kappa shape index (κ1) is 14.4. The number of piperidine rings is 1. The third-order valence-electron chi connectivity index (χ3n) is 3.56. The van der Waals surface area contributed by atoms with E-state index in [4.69, 9.17) is 0 Å². The van der Waals surface area contributed by atoms with Gasteiger partial charge < -0.3 is 5.32 Å². The lowest BCUT2D eigenvalue weighted by Gasteiger charge is -2.28. The zero-order valence-corrected chi connectivity index (χ0v) is 11.7. The van der Waals surface area contributed by atoms with E-state index in [0.29, 0.717) is 5.92 Å². The summed E-state index contributed by atoms with van der Waals surface area (Å²) >= 11 is 0. The van der Waals surface area contributed by atoms with Crippen molar-refractivity contribution in [2.75, 3.05) is 13.1 Å². The largest absolute Gasteiger partial charge is 0.317 e. The van der Waals surface area contributed by atoms with Crippen LogP contribution in [-0.4, -0.2) is 27.5 Å². The zero-order chi connectivity index (χ0) is 13.9. The van der Waals surface area contributed by atoms with Crippen molar-refractivity contribution in [1.29, 1.82) is 0 Å². The molecule has 1 fully saturated rings. The van der Waals surface area contributed by atoms with Crippen LogP contribution in [0.15, 0.2) is 29.2 Å². The van der Waals surface area contributed by atoms with Crippen LogP contribution in [0.2, 0.25) is 0 Å². The number of nitrogens with one attached hydrogen (secondary N) is 2. The third-order valence-corrected chi connectivity index (χ3v) is 5.13. The van der Waals surface area contributed by atoms with Crippen molar-refractivity contribution in [3.63, 3.8) is 0 Å². The molecule has 1 aromatic carbocycles. The van der Waals surface area contributed by atoms with Crippen molar-refractivity contribution >= 4 is 10.0 Å². The van der Waals surface area contributed by atoms with Crippen LogP contribution in [-0.2, 0) is 10.0 Å². The van der Waals surface area contributed by atoms with Crippen LogP contribution >= 0.6 is 0 Å². The first-order valence-corrected chi connectivity index (χ1v) is 7.96. The van der Waals surface area contributed by atoms with E-state index in [0.717, 1.165) is 38.1 Å². The lowest BCUT2D eigenvalue weighted by atomic mass is 9.92. The molecule has 4 nitrogen and oxygen atoms in total. The molecule has 1 saturated heterocycles. The van der Waals surface area contributed by atoms with E-state index in [-0.39, 0.29) is 10.9 Å². The summed E-state index contributed by atoms with van der Waals surface area (Å²) in [7, 11) is -3.56. The van der Waals surface area contributed by atoms with Crippen molar-refractivity contribution in [3.05, 3.63) is 30.1 Å². The van der Waals surface area contributed by atoms with Crippen LogP contribution in [0.1, 0.15) is 19.8 Å². The Morgan fingerprint density at radius 1 is 1.26 bits per heavy atom. The summed E-state index contributed by atoms with van der Waals surface area (Å²) in [6.07, 6.45) is 1.93. The topological polar surface area (TPSA) is 58.2 Å². The van der Waals surface area contributed by atoms with Crippen LogP contribution in [0.3, 0.4) is 0 Å². The summed E-state index contributed by atoms with van der Waals surface area (Å²) in [6, 6.07) is 4.77. The van der Waals surface area contributed by atoms with E-state index in [2.05, 4.69) is 10.0 Å². The van der Waals surface area contributed by atoms with Gasteiger partial charge in [-0.1, -0.05) is 0 Å². The Labute approximate surface area is 113 Å². The summed E-state index contributed by atoms with van der Waals surface area (Å²) < 4.78 is 39.8. The number of rotatable bonds is 4. The Morgan fingerprint density at radius 2 is 1.84 bits per heavy atom. The first-order chi connectivity index (χ1) is 8.99. The number of halogens is 1. The van der Waals surface area contributed by atoms with Gasteiger partial charge in [-0.3, -0.25) is 0 Å². The molecule has 106 valence electrons. The molecule has 6 heteroatoms. The summed E-state index contributed by atoms with van der Waals surface area (Å²) in [5.41, 5.74) is 0. The molecule has 1 aliphatic rings. The highest BCUT2D eigenvalue weighted by Gasteiger charge is 2.24. The number of hydrogen-bond donors (Lipinski definition) is 2. The van der Waals surface area contributed by atoms with Gasteiger partial charge in [0, 0.05) is 6.04 Å². The van der Waals surface area contributed by atoms with Crippen molar-refractivity contribution in [3.8, 4) is 0 Å². The molecule has 1 aliphatic heterocycles. The van der Waals surface area contributed by atoms with Crippen molar-refractivity contribution < 1.29 is 12.8 Å². The van der Waals surface area contributed by atoms with Gasteiger partial charge in [-0.05, 0) is 63.0 Å². The Balaban J connectivity index is 2.05. The van der Waals surface area contributed by atoms with Crippen molar-refractivity contribution in [2.24, 2.45) is 5.92 Å². The molecule has 1 unspecified atom stereocenters. The average Bonchev–Trinajstić information content (AvgIpc) is 2.40. The predicted molar refractivity (Wildman–Crippen MR) is 71.8 cm³/mol. The first-order valence-electron chi connectivity index (χ1n) is 6.47. The van der Waals surface area contributed by atoms with Crippen LogP contribution in [0.4, 0.5) is 4.39 Å². The van der Waals surface area contributed by atoms with Crippen LogP contribution < -0.4 is 10.0 Å². The molecule has 0 saturated carbocycles. The minimum Gasteiger partial charge on any atom is -0.317 e. The summed E-state index contributed by atoms with van der Waals surface area (Å²) in [6.45, 7) is 3.73. The van der Waals surface area contributed by atoms with Crippen LogP contribution in [0.25, 0.3) is 0 Å². The minimum absolute atomic E-state index is 0.106. The van der Waals surface area contributed by atoms with E-state index >= 15 is 0 Å². The zero-order valence-electron chi connectivity index (χ0n) is 10.9. The van der Waals surface area contributed by atoms with Gasteiger partial charge in [0.25, 0.3) is 0 Å². The van der Waals surface area contributed by atoms with Gasteiger partial charge in [-0.2, -0.15) is 0 Å². The predicted octanol–water partition coefficient (Wildman–Crippen LogP) is 1.49. The number of benzene rings is 1. The fourth-order valence-corrected chi connectivity index (χ4v) is 3.68. The molecule has 0 bridgehead atoms. The highest BCUT2D eigenvalue weighted by Crippen LogP contribution is 2.18. The lowest BCUT2D eigenvalue weighted by Crippen LogP contribution is -2.42. The minimum atomic E-state index is -3.56. The average molecular weight is 286 g/mol.